The highest BCUT2D eigenvalue weighted by Gasteiger charge is 2.28. The summed E-state index contributed by atoms with van der Waals surface area (Å²) in [5.74, 6) is 0. The first-order valence-corrected chi connectivity index (χ1v) is 28.0. The Morgan fingerprint density at radius 3 is 1.02 bits per heavy atom. The first kappa shape index (κ1) is 54.6. The maximum Gasteiger partial charge on any atom is 0.214 e. The van der Waals surface area contributed by atoms with Crippen LogP contribution in [-0.2, 0) is 12.8 Å². The molecule has 354 valence electrons. The van der Waals surface area contributed by atoms with E-state index in [2.05, 4.69) is 87.5 Å². The number of rotatable bonds is 43. The van der Waals surface area contributed by atoms with Gasteiger partial charge in [-0.05, 0) is 73.9 Å². The zero-order valence-corrected chi connectivity index (χ0v) is 42.0. The monoisotopic (exact) mass is 861 g/mol. The number of allylic oxidation sites excluding steroid dienone is 4. The Hall–Kier alpha value is -2.74. The molecule has 0 atom stereocenters. The van der Waals surface area contributed by atoms with Crippen LogP contribution in [0.5, 0.6) is 0 Å². The molecule has 0 saturated heterocycles. The summed E-state index contributed by atoms with van der Waals surface area (Å²) < 4.78 is 1.45. The second-order valence-corrected chi connectivity index (χ2v) is 19.8. The van der Waals surface area contributed by atoms with Crippen molar-refractivity contribution in [3.63, 3.8) is 0 Å². The lowest BCUT2D eigenvalue weighted by Crippen LogP contribution is -2.02. The predicted molar refractivity (Wildman–Crippen MR) is 280 cm³/mol. The van der Waals surface area contributed by atoms with E-state index in [1.807, 2.05) is 0 Å². The zero-order valence-electron chi connectivity index (χ0n) is 42.0. The van der Waals surface area contributed by atoms with Gasteiger partial charge in [0.1, 0.15) is 0 Å². The summed E-state index contributed by atoms with van der Waals surface area (Å²) >= 11 is 0. The summed E-state index contributed by atoms with van der Waals surface area (Å²) in [5, 5.41) is 0. The fourth-order valence-corrected chi connectivity index (χ4v) is 9.64. The predicted octanol–water partition coefficient (Wildman–Crippen LogP) is 21.0. The van der Waals surface area contributed by atoms with Crippen molar-refractivity contribution < 1.29 is 4.70 Å². The van der Waals surface area contributed by atoms with Gasteiger partial charge in [0.05, 0.1) is 5.57 Å². The minimum Gasteiger partial charge on any atom is -0.493 e. The lowest BCUT2D eigenvalue weighted by atomic mass is 10.0. The average molecular weight is 861 g/mol. The SMILES string of the molecule is CCCCCCCCCCCCCCCCCCCCCCCCCCCC=CC1=C(c2ccc(CCCCCCCC)cc2)[N+](=[N-])C(c2ccc(CCCCCCCC)cc2)=C1. The van der Waals surface area contributed by atoms with Crippen LogP contribution in [-0.4, -0.2) is 4.70 Å². The molecule has 2 aromatic carbocycles. The molecule has 2 nitrogen and oxygen atoms in total. The smallest absolute Gasteiger partial charge is 0.214 e. The first-order valence-electron chi connectivity index (χ1n) is 28.0. The number of hydrogen-bond acceptors (Lipinski definition) is 0. The van der Waals surface area contributed by atoms with E-state index in [1.54, 1.807) is 0 Å². The van der Waals surface area contributed by atoms with Crippen molar-refractivity contribution in [1.82, 2.24) is 0 Å². The molecule has 2 heteroatoms. The molecule has 3 rings (SSSR count). The van der Waals surface area contributed by atoms with Gasteiger partial charge in [-0.1, -0.05) is 275 Å². The van der Waals surface area contributed by atoms with Crippen molar-refractivity contribution in [2.75, 3.05) is 0 Å². The highest BCUT2D eigenvalue weighted by molar-refractivity contribution is 5.80. The minimum atomic E-state index is 0.872. The molecule has 2 aromatic rings. The van der Waals surface area contributed by atoms with Crippen LogP contribution in [0.3, 0.4) is 0 Å². The number of aryl methyl sites for hydroxylation is 2. The van der Waals surface area contributed by atoms with Crippen molar-refractivity contribution >= 4 is 11.4 Å². The van der Waals surface area contributed by atoms with Crippen molar-refractivity contribution in [2.45, 2.75) is 278 Å². The third-order valence-corrected chi connectivity index (χ3v) is 13.9. The first-order chi connectivity index (χ1) is 31.2. The molecule has 0 saturated carbocycles. The van der Waals surface area contributed by atoms with E-state index in [-0.39, 0.29) is 0 Å². The van der Waals surface area contributed by atoms with Gasteiger partial charge in [-0.25, -0.2) is 4.70 Å². The van der Waals surface area contributed by atoms with E-state index in [0.717, 1.165) is 47.4 Å². The third-order valence-electron chi connectivity index (χ3n) is 13.9. The maximum atomic E-state index is 11.7. The number of hydrogen-bond donors (Lipinski definition) is 0. The van der Waals surface area contributed by atoms with E-state index in [1.165, 1.54) is 253 Å². The van der Waals surface area contributed by atoms with Gasteiger partial charge in [0.15, 0.2) is 0 Å². The Kier molecular flexibility index (Phi) is 33.4. The van der Waals surface area contributed by atoms with Gasteiger partial charge in [-0.15, -0.1) is 0 Å². The molecule has 0 aromatic heterocycles. The molecule has 0 spiro atoms. The largest absolute Gasteiger partial charge is 0.493 e. The summed E-state index contributed by atoms with van der Waals surface area (Å²) in [6.07, 6.45) is 61.8. The van der Waals surface area contributed by atoms with Crippen molar-refractivity contribution in [3.05, 3.63) is 100 Å². The molecule has 0 aliphatic carbocycles. The summed E-state index contributed by atoms with van der Waals surface area (Å²) in [4.78, 5) is 0. The lowest BCUT2D eigenvalue weighted by Gasteiger charge is -2.10. The number of nitrogens with zero attached hydrogens (tertiary/aromatic N) is 2. The zero-order chi connectivity index (χ0) is 44.7. The van der Waals surface area contributed by atoms with Gasteiger partial charge in [-0.3, -0.25) is 0 Å². The average Bonchev–Trinajstić information content (AvgIpc) is 3.63. The Morgan fingerprint density at radius 1 is 0.365 bits per heavy atom. The van der Waals surface area contributed by atoms with Crippen LogP contribution in [0.25, 0.3) is 16.9 Å². The summed E-state index contributed by atoms with van der Waals surface area (Å²) in [7, 11) is 0. The van der Waals surface area contributed by atoms with Gasteiger partial charge < -0.3 is 5.53 Å². The van der Waals surface area contributed by atoms with Gasteiger partial charge in [0, 0.05) is 17.2 Å². The topological polar surface area (TPSA) is 25.3 Å². The Balaban J connectivity index is 1.31. The second-order valence-electron chi connectivity index (χ2n) is 19.8. The molecule has 0 bridgehead atoms. The van der Waals surface area contributed by atoms with Crippen LogP contribution in [0, 0.1) is 0 Å². The highest BCUT2D eigenvalue weighted by atomic mass is 15.2. The van der Waals surface area contributed by atoms with Crippen LogP contribution in [0.2, 0.25) is 0 Å². The second kappa shape index (κ2) is 38.5. The number of unbranched alkanes of at least 4 members (excludes halogenated alkanes) is 35. The van der Waals surface area contributed by atoms with Gasteiger partial charge >= 0.3 is 0 Å². The Labute approximate surface area is 392 Å². The van der Waals surface area contributed by atoms with Crippen molar-refractivity contribution in [1.29, 1.82) is 0 Å². The minimum absolute atomic E-state index is 0.872. The summed E-state index contributed by atoms with van der Waals surface area (Å²) in [5.41, 5.74) is 19.6. The van der Waals surface area contributed by atoms with Gasteiger partial charge in [0.25, 0.3) is 0 Å². The fraction of sp³-hybridized carbons (Fsp3) is 0.705. The Bertz CT molecular complexity index is 1470. The van der Waals surface area contributed by atoms with E-state index >= 15 is 0 Å². The van der Waals surface area contributed by atoms with E-state index < -0.39 is 0 Å². The number of benzene rings is 2. The standard InChI is InChI=1S/C61H100N2/c1-4-7-10-13-16-17-18-19-20-21-22-23-24-25-26-27-28-29-30-31-32-33-34-35-36-39-42-45-59-54-60(57-50-46-55(47-51-57)43-40-37-14-11-8-5-2)63(62)61(59)58-52-48-56(49-53-58)44-41-38-15-12-9-6-3/h42,45-54H,4-41,43-44H2,1-3H3. The van der Waals surface area contributed by atoms with Crippen LogP contribution < -0.4 is 0 Å². The lowest BCUT2D eigenvalue weighted by molar-refractivity contribution is -0.344. The molecule has 0 unspecified atom stereocenters. The molecular weight excluding hydrogens is 761 g/mol. The normalized spacial score (nSPS) is 13.0. The third kappa shape index (κ3) is 26.1. The maximum absolute atomic E-state index is 11.7. The van der Waals surface area contributed by atoms with Crippen LogP contribution in [0.1, 0.15) is 287 Å². The van der Waals surface area contributed by atoms with Crippen molar-refractivity contribution in [3.8, 4) is 0 Å². The molecule has 63 heavy (non-hydrogen) atoms. The molecule has 0 radical (unpaired) electrons. The van der Waals surface area contributed by atoms with E-state index in [4.69, 9.17) is 0 Å². The van der Waals surface area contributed by atoms with Gasteiger partial charge in [-0.2, -0.15) is 0 Å². The van der Waals surface area contributed by atoms with Crippen LogP contribution in [0.15, 0.2) is 72.3 Å². The van der Waals surface area contributed by atoms with Crippen molar-refractivity contribution in [2.24, 2.45) is 0 Å². The molecular formula is C61H100N2. The fourth-order valence-electron chi connectivity index (χ4n) is 9.64. The molecule has 0 N–H and O–H groups in total. The van der Waals surface area contributed by atoms with E-state index in [0.29, 0.717) is 0 Å². The summed E-state index contributed by atoms with van der Waals surface area (Å²) in [6, 6.07) is 17.9. The molecule has 1 heterocycles. The van der Waals surface area contributed by atoms with E-state index in [9.17, 15) is 5.53 Å². The Morgan fingerprint density at radius 2 is 0.667 bits per heavy atom. The molecule has 1 aliphatic heterocycles. The quantitative estimate of drug-likeness (QED) is 0.0469. The van der Waals surface area contributed by atoms with Crippen LogP contribution >= 0.6 is 0 Å². The van der Waals surface area contributed by atoms with Gasteiger partial charge in [0.2, 0.25) is 11.4 Å². The molecule has 0 amide bonds. The van der Waals surface area contributed by atoms with Crippen LogP contribution in [0.4, 0.5) is 0 Å². The highest BCUT2D eigenvalue weighted by Crippen LogP contribution is 2.36. The summed E-state index contributed by atoms with van der Waals surface area (Å²) in [6.45, 7) is 6.88. The molecule has 1 aliphatic rings. The molecule has 0 fully saturated rings.